The number of aromatic nitrogens is 2. The van der Waals surface area contributed by atoms with Gasteiger partial charge in [-0.25, -0.2) is 9.48 Å². The van der Waals surface area contributed by atoms with Gasteiger partial charge in [-0.1, -0.05) is 18.2 Å². The van der Waals surface area contributed by atoms with Crippen LogP contribution in [0.2, 0.25) is 0 Å². The van der Waals surface area contributed by atoms with Crippen LogP contribution >= 0.6 is 0 Å². The van der Waals surface area contributed by atoms with Crippen LogP contribution in [-0.2, 0) is 19.1 Å². The van der Waals surface area contributed by atoms with Crippen LogP contribution in [0.25, 0.3) is 5.69 Å². The zero-order chi connectivity index (χ0) is 28.4. The Bertz CT molecular complexity index is 1180. The first kappa shape index (κ1) is 28.9. The van der Waals surface area contributed by atoms with Gasteiger partial charge in [-0.3, -0.25) is 19.2 Å². The van der Waals surface area contributed by atoms with Crippen LogP contribution in [0.3, 0.4) is 0 Å². The third-order valence-corrected chi connectivity index (χ3v) is 5.91. The number of hydrogen-bond donors (Lipinski definition) is 3. The van der Waals surface area contributed by atoms with E-state index in [1.807, 2.05) is 0 Å². The van der Waals surface area contributed by atoms with E-state index < -0.39 is 29.9 Å². The minimum Gasteiger partial charge on any atom is -0.481 e. The van der Waals surface area contributed by atoms with Crippen molar-refractivity contribution in [2.45, 2.75) is 25.8 Å². The average Bonchev–Trinajstić information content (AvgIpc) is 3.38. The van der Waals surface area contributed by atoms with Crippen molar-refractivity contribution in [1.29, 1.82) is 0 Å². The molecule has 0 spiro atoms. The van der Waals surface area contributed by atoms with Gasteiger partial charge in [-0.15, -0.1) is 0 Å². The van der Waals surface area contributed by atoms with E-state index in [-0.39, 0.29) is 69.7 Å². The minimum atomic E-state index is -1.14. The molecule has 39 heavy (non-hydrogen) atoms. The van der Waals surface area contributed by atoms with E-state index >= 15 is 0 Å². The minimum absolute atomic E-state index is 0.0917. The van der Waals surface area contributed by atoms with Crippen LogP contribution in [0.5, 0.6) is 5.88 Å². The molecule has 1 aromatic heterocycles. The Labute approximate surface area is 224 Å². The van der Waals surface area contributed by atoms with E-state index in [0.717, 1.165) is 0 Å². The number of carboxylic acid groups (broad SMARTS) is 1. The molecule has 210 valence electrons. The van der Waals surface area contributed by atoms with Crippen molar-refractivity contribution in [3.05, 3.63) is 42.1 Å². The first-order valence-electron chi connectivity index (χ1n) is 12.5. The number of benzene rings is 1. The molecule has 1 aromatic carbocycles. The number of piperazine rings is 1. The first-order valence-corrected chi connectivity index (χ1v) is 12.5. The number of nitrogens with one attached hydrogen (secondary N) is 2. The van der Waals surface area contributed by atoms with Gasteiger partial charge in [0.15, 0.2) is 12.3 Å². The number of carbonyl (C=O) groups excluding carboxylic acids is 4. The Morgan fingerprint density at radius 2 is 1.72 bits per heavy atom. The van der Waals surface area contributed by atoms with Gasteiger partial charge in [0.2, 0.25) is 11.8 Å². The maximum absolute atomic E-state index is 13.3. The number of carboxylic acids is 1. The van der Waals surface area contributed by atoms with E-state index in [2.05, 4.69) is 15.7 Å². The quantitative estimate of drug-likeness (QED) is 0.359. The van der Waals surface area contributed by atoms with Gasteiger partial charge < -0.3 is 35.0 Å². The summed E-state index contributed by atoms with van der Waals surface area (Å²) >= 11 is 0. The molecular formula is C25H32N6O8. The van der Waals surface area contributed by atoms with E-state index in [1.54, 1.807) is 37.3 Å². The molecule has 1 saturated heterocycles. The molecule has 1 aliphatic heterocycles. The van der Waals surface area contributed by atoms with E-state index in [9.17, 15) is 29.1 Å². The molecule has 1 fully saturated rings. The predicted molar refractivity (Wildman–Crippen MR) is 136 cm³/mol. The Morgan fingerprint density at radius 1 is 1.05 bits per heavy atom. The van der Waals surface area contributed by atoms with Crippen LogP contribution in [0.1, 0.15) is 30.3 Å². The van der Waals surface area contributed by atoms with Gasteiger partial charge in [0, 0.05) is 45.7 Å². The fraction of sp³-hybridized carbons (Fsp3) is 0.440. The van der Waals surface area contributed by atoms with Crippen LogP contribution in [-0.4, -0.2) is 107 Å². The van der Waals surface area contributed by atoms with Crippen molar-refractivity contribution in [3.63, 3.8) is 0 Å². The third-order valence-electron chi connectivity index (χ3n) is 5.91. The highest BCUT2D eigenvalue weighted by Gasteiger charge is 2.31. The number of para-hydroxylation sites is 1. The Kier molecular flexibility index (Phi) is 10.2. The van der Waals surface area contributed by atoms with Crippen LogP contribution < -0.4 is 15.4 Å². The van der Waals surface area contributed by atoms with Gasteiger partial charge in [-0.2, -0.15) is 5.10 Å². The summed E-state index contributed by atoms with van der Waals surface area (Å²) in [5.41, 5.74) is 0.479. The standard InChI is InChI=1S/C25H32N6O8/c1-3-38-25(37)30-13-11-29(12-14-30)24(36)18(9-10-22(33)34)27-23(35)19-15-21(39-16-20(32)26-2)31(28-19)17-7-5-4-6-8-17/h4-8,15,18H,3,9-14,16H2,1-2H3,(H,26,32)(H,27,35)(H,33,34)/t18-/m0/s1. The Balaban J connectivity index is 1.76. The van der Waals surface area contributed by atoms with Crippen LogP contribution in [0, 0.1) is 0 Å². The predicted octanol–water partition coefficient (Wildman–Crippen LogP) is 0.261. The molecule has 0 radical (unpaired) electrons. The summed E-state index contributed by atoms with van der Waals surface area (Å²) in [6.07, 6.45) is -0.959. The maximum Gasteiger partial charge on any atom is 0.409 e. The fourth-order valence-electron chi connectivity index (χ4n) is 3.85. The second-order valence-corrected chi connectivity index (χ2v) is 8.55. The van der Waals surface area contributed by atoms with Crippen LogP contribution in [0.4, 0.5) is 4.79 Å². The topological polar surface area (TPSA) is 172 Å². The zero-order valence-corrected chi connectivity index (χ0v) is 21.8. The molecule has 0 saturated carbocycles. The summed E-state index contributed by atoms with van der Waals surface area (Å²) in [5.74, 6) is -2.56. The van der Waals surface area contributed by atoms with Crippen molar-refractivity contribution in [1.82, 2.24) is 30.2 Å². The third kappa shape index (κ3) is 7.93. The number of ether oxygens (including phenoxy) is 2. The van der Waals surface area contributed by atoms with E-state index in [4.69, 9.17) is 9.47 Å². The molecular weight excluding hydrogens is 512 g/mol. The number of rotatable bonds is 11. The number of carbonyl (C=O) groups is 5. The summed E-state index contributed by atoms with van der Waals surface area (Å²) < 4.78 is 11.9. The number of likely N-dealkylation sites (N-methyl/N-ethyl adjacent to an activating group) is 1. The zero-order valence-electron chi connectivity index (χ0n) is 21.8. The lowest BCUT2D eigenvalue weighted by molar-refractivity contribution is -0.138. The van der Waals surface area contributed by atoms with Crippen molar-refractivity contribution in [2.24, 2.45) is 0 Å². The largest absolute Gasteiger partial charge is 0.481 e. The second-order valence-electron chi connectivity index (χ2n) is 8.55. The Hall–Kier alpha value is -4.62. The van der Waals surface area contributed by atoms with Crippen LogP contribution in [0.15, 0.2) is 36.4 Å². The van der Waals surface area contributed by atoms with Gasteiger partial charge >= 0.3 is 12.1 Å². The highest BCUT2D eigenvalue weighted by molar-refractivity contribution is 5.96. The number of hydrogen-bond acceptors (Lipinski definition) is 8. The number of amides is 4. The summed E-state index contributed by atoms with van der Waals surface area (Å²) in [6, 6.07) is 9.00. The molecule has 0 bridgehead atoms. The van der Waals surface area contributed by atoms with Crippen molar-refractivity contribution in [3.8, 4) is 11.6 Å². The molecule has 0 aliphatic carbocycles. The molecule has 2 heterocycles. The smallest absolute Gasteiger partial charge is 0.409 e. The monoisotopic (exact) mass is 544 g/mol. The molecule has 0 unspecified atom stereocenters. The maximum atomic E-state index is 13.3. The summed E-state index contributed by atoms with van der Waals surface area (Å²) in [7, 11) is 1.46. The lowest BCUT2D eigenvalue weighted by atomic mass is 10.1. The molecule has 4 amide bonds. The lowest BCUT2D eigenvalue weighted by Crippen LogP contribution is -2.56. The molecule has 3 rings (SSSR count). The Morgan fingerprint density at radius 3 is 2.33 bits per heavy atom. The van der Waals surface area contributed by atoms with Gasteiger partial charge in [0.1, 0.15) is 6.04 Å². The van der Waals surface area contributed by atoms with Crippen molar-refractivity contribution >= 4 is 29.8 Å². The normalized spacial score (nSPS) is 13.8. The number of nitrogens with zero attached hydrogens (tertiary/aromatic N) is 4. The lowest BCUT2D eigenvalue weighted by Gasteiger charge is -2.35. The SMILES string of the molecule is CCOC(=O)N1CCN(C(=O)[C@H](CCC(=O)O)NC(=O)c2cc(OCC(=O)NC)n(-c3ccccc3)n2)CC1. The first-order chi connectivity index (χ1) is 18.7. The summed E-state index contributed by atoms with van der Waals surface area (Å²) in [5, 5.41) is 18.5. The molecule has 2 aromatic rings. The highest BCUT2D eigenvalue weighted by Crippen LogP contribution is 2.20. The average molecular weight is 545 g/mol. The molecule has 14 nitrogen and oxygen atoms in total. The highest BCUT2D eigenvalue weighted by atomic mass is 16.6. The van der Waals surface area contributed by atoms with E-state index in [1.165, 1.54) is 27.6 Å². The van der Waals surface area contributed by atoms with Gasteiger partial charge in [0.25, 0.3) is 11.8 Å². The molecule has 1 atom stereocenters. The van der Waals surface area contributed by atoms with Gasteiger partial charge in [-0.05, 0) is 25.5 Å². The molecule has 1 aliphatic rings. The van der Waals surface area contributed by atoms with Crippen molar-refractivity contribution < 1.29 is 38.6 Å². The number of aliphatic carboxylic acids is 1. The molecule has 3 N–H and O–H groups in total. The second kappa shape index (κ2) is 13.8. The molecule has 14 heteroatoms. The van der Waals surface area contributed by atoms with Gasteiger partial charge in [0.05, 0.1) is 12.3 Å². The van der Waals surface area contributed by atoms with E-state index in [0.29, 0.717) is 5.69 Å². The van der Waals surface area contributed by atoms with Crippen molar-refractivity contribution in [2.75, 3.05) is 46.4 Å². The fourth-order valence-corrected chi connectivity index (χ4v) is 3.85. The summed E-state index contributed by atoms with van der Waals surface area (Å²) in [6.45, 7) is 2.53. The summed E-state index contributed by atoms with van der Waals surface area (Å²) in [4.78, 5) is 64.3.